The van der Waals surface area contributed by atoms with E-state index in [9.17, 15) is 0 Å². The summed E-state index contributed by atoms with van der Waals surface area (Å²) in [5.74, 6) is 1.83. The van der Waals surface area contributed by atoms with E-state index >= 15 is 0 Å². The second kappa shape index (κ2) is 10.5. The van der Waals surface area contributed by atoms with Crippen molar-refractivity contribution in [2.75, 3.05) is 25.6 Å². The minimum Gasteiger partial charge on any atom is -0.486 e. The number of rotatable bonds is 9. The van der Waals surface area contributed by atoms with Gasteiger partial charge in [-0.3, -0.25) is 5.10 Å². The highest BCUT2D eigenvalue weighted by Gasteiger charge is 2.24. The van der Waals surface area contributed by atoms with Gasteiger partial charge in [-0.05, 0) is 48.0 Å². The first-order valence-electron chi connectivity index (χ1n) is 11.5. The van der Waals surface area contributed by atoms with Crippen LogP contribution in [0.15, 0.2) is 66.9 Å². The van der Waals surface area contributed by atoms with Crippen LogP contribution in [0.2, 0.25) is 0 Å². The van der Waals surface area contributed by atoms with Crippen LogP contribution < -0.4 is 30.6 Å². The molecule has 1 atom stereocenters. The lowest BCUT2D eigenvalue weighted by Gasteiger charge is -2.27. The number of pyridine rings is 1. The van der Waals surface area contributed by atoms with E-state index in [1.165, 1.54) is 5.56 Å². The third-order valence-corrected chi connectivity index (χ3v) is 5.72. The van der Waals surface area contributed by atoms with E-state index in [4.69, 9.17) is 24.9 Å². The Morgan fingerprint density at radius 2 is 1.97 bits per heavy atom. The summed E-state index contributed by atoms with van der Waals surface area (Å²) in [6.07, 6.45) is 1.57. The first-order chi connectivity index (χ1) is 17.2. The zero-order chi connectivity index (χ0) is 24.0. The Kier molecular flexibility index (Phi) is 6.78. The number of H-pyrrole nitrogens is 1. The minimum absolute atomic E-state index is 0.185. The van der Waals surface area contributed by atoms with Gasteiger partial charge in [-0.25, -0.2) is 4.98 Å². The predicted octanol–water partition coefficient (Wildman–Crippen LogP) is 3.61. The summed E-state index contributed by atoms with van der Waals surface area (Å²) in [7, 11) is 1.61. The molecule has 35 heavy (non-hydrogen) atoms. The van der Waals surface area contributed by atoms with E-state index in [1.54, 1.807) is 13.3 Å². The smallest absolute Gasteiger partial charge is 0.238 e. The van der Waals surface area contributed by atoms with Crippen LogP contribution in [0.25, 0.3) is 11.3 Å². The summed E-state index contributed by atoms with van der Waals surface area (Å²) in [5, 5.41) is 13.7. The molecule has 1 unspecified atom stereocenters. The van der Waals surface area contributed by atoms with Crippen molar-refractivity contribution in [2.24, 2.45) is 5.73 Å². The van der Waals surface area contributed by atoms with Gasteiger partial charge < -0.3 is 30.6 Å². The SMILES string of the molecule is COc1nc(-c2cccc3c2OC(CN)CO3)ccc1Nc1ccc(CNCc2ccn[nH]2)cc1. The zero-order valence-electron chi connectivity index (χ0n) is 19.5. The quantitative estimate of drug-likeness (QED) is 0.292. The Hall–Kier alpha value is -4.08. The second-order valence-electron chi connectivity index (χ2n) is 8.18. The Bertz CT molecular complexity index is 1260. The fraction of sp³-hybridized carbons (Fsp3) is 0.231. The molecule has 0 saturated carbocycles. The van der Waals surface area contributed by atoms with E-state index in [2.05, 4.69) is 33.0 Å². The highest BCUT2D eigenvalue weighted by atomic mass is 16.6. The molecule has 5 N–H and O–H groups in total. The molecular weight excluding hydrogens is 444 g/mol. The van der Waals surface area contributed by atoms with Gasteiger partial charge in [-0.2, -0.15) is 5.10 Å². The lowest BCUT2D eigenvalue weighted by atomic mass is 10.1. The molecule has 2 aromatic carbocycles. The molecule has 0 saturated heterocycles. The number of hydrogen-bond donors (Lipinski definition) is 4. The number of aromatic nitrogens is 3. The summed E-state index contributed by atoms with van der Waals surface area (Å²) in [4.78, 5) is 4.73. The number of nitrogens with zero attached hydrogens (tertiary/aromatic N) is 2. The summed E-state index contributed by atoms with van der Waals surface area (Å²) in [5.41, 5.74) is 11.3. The normalized spacial score (nSPS) is 14.5. The molecule has 3 heterocycles. The number of nitrogens with two attached hydrogens (primary N) is 1. The Morgan fingerprint density at radius 1 is 1.09 bits per heavy atom. The molecule has 4 aromatic rings. The average molecular weight is 473 g/mol. The first-order valence-corrected chi connectivity index (χ1v) is 11.5. The third-order valence-electron chi connectivity index (χ3n) is 5.72. The van der Waals surface area contributed by atoms with Crippen molar-refractivity contribution in [1.82, 2.24) is 20.5 Å². The summed E-state index contributed by atoms with van der Waals surface area (Å²) < 4.78 is 17.5. The molecule has 1 aliphatic heterocycles. The van der Waals surface area contributed by atoms with E-state index < -0.39 is 0 Å². The van der Waals surface area contributed by atoms with Gasteiger partial charge in [0.15, 0.2) is 11.5 Å². The van der Waals surface area contributed by atoms with Gasteiger partial charge in [0.05, 0.1) is 12.8 Å². The Balaban J connectivity index is 1.29. The van der Waals surface area contributed by atoms with Crippen molar-refractivity contribution in [3.05, 3.63) is 78.1 Å². The maximum Gasteiger partial charge on any atom is 0.238 e. The maximum atomic E-state index is 6.07. The fourth-order valence-corrected chi connectivity index (χ4v) is 3.88. The summed E-state index contributed by atoms with van der Waals surface area (Å²) in [6, 6.07) is 19.8. The number of para-hydroxylation sites is 1. The fourth-order valence-electron chi connectivity index (χ4n) is 3.88. The number of benzene rings is 2. The van der Waals surface area contributed by atoms with Crippen molar-refractivity contribution >= 4 is 11.4 Å². The highest BCUT2D eigenvalue weighted by Crippen LogP contribution is 2.41. The minimum atomic E-state index is -0.185. The number of nitrogens with one attached hydrogen (secondary N) is 3. The summed E-state index contributed by atoms with van der Waals surface area (Å²) in [6.45, 7) is 2.32. The number of methoxy groups -OCH3 is 1. The lowest BCUT2D eigenvalue weighted by Crippen LogP contribution is -2.35. The van der Waals surface area contributed by atoms with E-state index in [0.29, 0.717) is 30.5 Å². The van der Waals surface area contributed by atoms with Gasteiger partial charge in [0, 0.05) is 42.8 Å². The van der Waals surface area contributed by atoms with Gasteiger partial charge in [-0.15, -0.1) is 0 Å². The predicted molar refractivity (Wildman–Crippen MR) is 134 cm³/mol. The molecular formula is C26H28N6O3. The number of ether oxygens (including phenoxy) is 3. The first kappa shape index (κ1) is 22.7. The largest absolute Gasteiger partial charge is 0.486 e. The van der Waals surface area contributed by atoms with Crippen molar-refractivity contribution in [3.63, 3.8) is 0 Å². The second-order valence-corrected chi connectivity index (χ2v) is 8.18. The van der Waals surface area contributed by atoms with Crippen LogP contribution in [0.4, 0.5) is 11.4 Å². The van der Waals surface area contributed by atoms with E-state index in [0.717, 1.165) is 41.4 Å². The van der Waals surface area contributed by atoms with Gasteiger partial charge in [0.2, 0.25) is 5.88 Å². The van der Waals surface area contributed by atoms with E-state index in [-0.39, 0.29) is 6.10 Å². The Morgan fingerprint density at radius 3 is 2.74 bits per heavy atom. The molecule has 5 rings (SSSR count). The van der Waals surface area contributed by atoms with Gasteiger partial charge >= 0.3 is 0 Å². The van der Waals surface area contributed by atoms with Crippen LogP contribution in [0, 0.1) is 0 Å². The molecule has 0 spiro atoms. The van der Waals surface area contributed by atoms with Crippen LogP contribution in [0.5, 0.6) is 17.4 Å². The highest BCUT2D eigenvalue weighted by molar-refractivity contribution is 5.75. The van der Waals surface area contributed by atoms with Crippen molar-refractivity contribution < 1.29 is 14.2 Å². The Labute approximate surface area is 203 Å². The number of fused-ring (bicyclic) bond motifs is 1. The van der Waals surface area contributed by atoms with Crippen molar-refractivity contribution in [3.8, 4) is 28.6 Å². The maximum absolute atomic E-state index is 6.07. The van der Waals surface area contributed by atoms with Gasteiger partial charge in [0.25, 0.3) is 0 Å². The number of aromatic amines is 1. The number of anilines is 2. The molecule has 2 aromatic heterocycles. The zero-order valence-corrected chi connectivity index (χ0v) is 19.5. The molecule has 1 aliphatic rings. The molecule has 0 bridgehead atoms. The van der Waals surface area contributed by atoms with Crippen LogP contribution in [0.3, 0.4) is 0 Å². The van der Waals surface area contributed by atoms with E-state index in [1.807, 2.05) is 48.5 Å². The molecule has 0 aliphatic carbocycles. The van der Waals surface area contributed by atoms with Crippen molar-refractivity contribution in [2.45, 2.75) is 19.2 Å². The van der Waals surface area contributed by atoms with Crippen LogP contribution in [0.1, 0.15) is 11.3 Å². The number of hydrogen-bond acceptors (Lipinski definition) is 8. The molecule has 180 valence electrons. The van der Waals surface area contributed by atoms with Gasteiger partial charge in [0.1, 0.15) is 18.4 Å². The third kappa shape index (κ3) is 5.21. The van der Waals surface area contributed by atoms with Crippen LogP contribution >= 0.6 is 0 Å². The molecule has 0 radical (unpaired) electrons. The topological polar surface area (TPSA) is 119 Å². The standard InChI is InChI=1S/C26H28N6O3/c1-33-26-23(30-18-7-5-17(6-8-18)14-28-15-19-11-12-29-32-19)10-9-22(31-26)21-3-2-4-24-25(21)35-20(13-27)16-34-24/h2-12,20,28,30H,13-16,27H2,1H3,(H,29,32). The molecule has 9 nitrogen and oxygen atoms in total. The van der Waals surface area contributed by atoms with Crippen LogP contribution in [-0.2, 0) is 13.1 Å². The van der Waals surface area contributed by atoms with Crippen LogP contribution in [-0.4, -0.2) is 41.5 Å². The van der Waals surface area contributed by atoms with Crippen molar-refractivity contribution in [1.29, 1.82) is 0 Å². The monoisotopic (exact) mass is 472 g/mol. The molecule has 9 heteroatoms. The van der Waals surface area contributed by atoms with Gasteiger partial charge in [-0.1, -0.05) is 18.2 Å². The molecule has 0 amide bonds. The molecule has 0 fully saturated rings. The lowest BCUT2D eigenvalue weighted by molar-refractivity contribution is 0.0976. The summed E-state index contributed by atoms with van der Waals surface area (Å²) >= 11 is 0. The average Bonchev–Trinajstić information content (AvgIpc) is 3.43.